The molecule has 168 valence electrons. The Labute approximate surface area is 190 Å². The highest BCUT2D eigenvalue weighted by Crippen LogP contribution is 2.35. The van der Waals surface area contributed by atoms with E-state index in [4.69, 9.17) is 9.47 Å². The number of halogens is 1. The summed E-state index contributed by atoms with van der Waals surface area (Å²) in [5.74, 6) is 0.777. The maximum atomic E-state index is 13.2. The highest BCUT2D eigenvalue weighted by Gasteiger charge is 2.25. The molecule has 0 atom stereocenters. The van der Waals surface area contributed by atoms with E-state index < -0.39 is 5.82 Å². The third kappa shape index (κ3) is 4.39. The predicted octanol–water partition coefficient (Wildman–Crippen LogP) is 4.72. The first kappa shape index (κ1) is 21.0. The first-order chi connectivity index (χ1) is 16.1. The van der Waals surface area contributed by atoms with Gasteiger partial charge in [0.2, 0.25) is 12.7 Å². The topological polar surface area (TPSA) is 67.9 Å². The zero-order chi connectivity index (χ0) is 22.8. The van der Waals surface area contributed by atoms with Crippen LogP contribution in [0.2, 0.25) is 0 Å². The number of benzene rings is 3. The van der Waals surface area contributed by atoms with E-state index >= 15 is 0 Å². The summed E-state index contributed by atoms with van der Waals surface area (Å²) in [5, 5.41) is 2.92. The van der Waals surface area contributed by atoms with Crippen LogP contribution in [0.15, 0.2) is 60.7 Å². The molecule has 0 saturated carbocycles. The Kier molecular flexibility index (Phi) is 5.69. The largest absolute Gasteiger partial charge is 0.454 e. The molecule has 33 heavy (non-hydrogen) atoms. The molecule has 2 heterocycles. The molecule has 2 amide bonds. The maximum absolute atomic E-state index is 13.2. The van der Waals surface area contributed by atoms with Crippen LogP contribution in [0.25, 0.3) is 0 Å². The van der Waals surface area contributed by atoms with Crippen LogP contribution in [-0.2, 0) is 17.6 Å². The van der Waals surface area contributed by atoms with Gasteiger partial charge < -0.3 is 19.7 Å². The van der Waals surface area contributed by atoms with E-state index in [9.17, 15) is 14.0 Å². The van der Waals surface area contributed by atoms with Crippen molar-refractivity contribution < 1.29 is 23.5 Å². The summed E-state index contributed by atoms with van der Waals surface area (Å²) < 4.78 is 23.9. The summed E-state index contributed by atoms with van der Waals surface area (Å²) >= 11 is 0. The molecule has 3 aromatic carbocycles. The van der Waals surface area contributed by atoms with Crippen molar-refractivity contribution in [1.29, 1.82) is 0 Å². The molecule has 0 aromatic heterocycles. The number of aryl methyl sites for hydroxylation is 1. The van der Waals surface area contributed by atoms with E-state index in [-0.39, 0.29) is 18.6 Å². The number of nitrogens with zero attached hydrogens (tertiary/aromatic N) is 1. The van der Waals surface area contributed by atoms with Gasteiger partial charge in [0.1, 0.15) is 5.82 Å². The lowest BCUT2D eigenvalue weighted by Gasteiger charge is -2.31. The Morgan fingerprint density at radius 1 is 1.00 bits per heavy atom. The van der Waals surface area contributed by atoms with Gasteiger partial charge in [-0.3, -0.25) is 9.59 Å². The quantitative estimate of drug-likeness (QED) is 0.616. The van der Waals surface area contributed by atoms with Gasteiger partial charge in [-0.1, -0.05) is 12.1 Å². The summed E-state index contributed by atoms with van der Waals surface area (Å²) in [6.07, 6.45) is 2.54. The van der Waals surface area contributed by atoms with E-state index in [0.717, 1.165) is 35.4 Å². The average Bonchev–Trinajstić information content (AvgIpc) is 3.31. The fourth-order valence-corrected chi connectivity index (χ4v) is 4.28. The highest BCUT2D eigenvalue weighted by atomic mass is 19.1. The summed E-state index contributed by atoms with van der Waals surface area (Å²) in [7, 11) is 0. The first-order valence-electron chi connectivity index (χ1n) is 11.0. The number of hydrogen-bond acceptors (Lipinski definition) is 4. The first-order valence-corrected chi connectivity index (χ1v) is 11.0. The molecule has 7 heteroatoms. The number of fused-ring (bicyclic) bond motifs is 2. The van der Waals surface area contributed by atoms with Crippen molar-refractivity contribution in [1.82, 2.24) is 0 Å². The third-order valence-electron chi connectivity index (χ3n) is 5.97. The zero-order valence-corrected chi connectivity index (χ0v) is 18.0. The van der Waals surface area contributed by atoms with E-state index in [2.05, 4.69) is 5.32 Å². The van der Waals surface area contributed by atoms with Gasteiger partial charge in [0, 0.05) is 29.9 Å². The van der Waals surface area contributed by atoms with Crippen LogP contribution in [0, 0.1) is 5.82 Å². The van der Waals surface area contributed by atoms with Gasteiger partial charge in [-0.15, -0.1) is 0 Å². The molecule has 0 aliphatic carbocycles. The fourth-order valence-electron chi connectivity index (χ4n) is 4.28. The molecule has 0 unspecified atom stereocenters. The SMILES string of the molecule is O=C(Nc1cccc2c1CCCN2C(=O)CCc1ccc2c(c1)OCO2)c1ccc(F)cc1. The van der Waals surface area contributed by atoms with Gasteiger partial charge >= 0.3 is 0 Å². The van der Waals surface area contributed by atoms with Crippen LogP contribution in [0.1, 0.15) is 34.3 Å². The second-order valence-electron chi connectivity index (χ2n) is 8.10. The number of hydrogen-bond donors (Lipinski definition) is 1. The van der Waals surface area contributed by atoms with Crippen molar-refractivity contribution >= 4 is 23.2 Å². The van der Waals surface area contributed by atoms with Crippen molar-refractivity contribution in [2.75, 3.05) is 23.6 Å². The number of rotatable bonds is 5. The van der Waals surface area contributed by atoms with E-state index in [1.54, 1.807) is 4.90 Å². The van der Waals surface area contributed by atoms with Crippen LogP contribution in [0.5, 0.6) is 11.5 Å². The molecule has 1 N–H and O–H groups in total. The Morgan fingerprint density at radius 3 is 2.67 bits per heavy atom. The standard InChI is InChI=1S/C26H23FN2O4/c27-19-10-8-18(9-11-19)26(31)28-21-4-1-5-22-20(21)3-2-14-29(22)25(30)13-7-17-6-12-23-24(15-17)33-16-32-23/h1,4-6,8-12,15H,2-3,7,13-14,16H2,(H,28,31). The van der Waals surface area contributed by atoms with E-state index in [1.807, 2.05) is 36.4 Å². The minimum atomic E-state index is -0.390. The number of nitrogens with one attached hydrogen (secondary N) is 1. The zero-order valence-electron chi connectivity index (χ0n) is 18.0. The van der Waals surface area contributed by atoms with Crippen molar-refractivity contribution in [3.8, 4) is 11.5 Å². The number of anilines is 2. The fraction of sp³-hybridized carbons (Fsp3) is 0.231. The lowest BCUT2D eigenvalue weighted by molar-refractivity contribution is -0.118. The molecule has 0 spiro atoms. The Hall–Kier alpha value is -3.87. The Morgan fingerprint density at radius 2 is 1.82 bits per heavy atom. The number of carbonyl (C=O) groups excluding carboxylic acids is 2. The lowest BCUT2D eigenvalue weighted by atomic mass is 9.98. The van der Waals surface area contributed by atoms with Crippen LogP contribution in [-0.4, -0.2) is 25.2 Å². The van der Waals surface area contributed by atoms with Gasteiger partial charge in [-0.05, 0) is 78.9 Å². The maximum Gasteiger partial charge on any atom is 0.255 e. The van der Waals surface area contributed by atoms with Crippen molar-refractivity contribution in [2.45, 2.75) is 25.7 Å². The molecule has 2 aliphatic rings. The molecule has 2 aliphatic heterocycles. The average molecular weight is 446 g/mol. The lowest BCUT2D eigenvalue weighted by Crippen LogP contribution is -2.36. The minimum Gasteiger partial charge on any atom is -0.454 e. The smallest absolute Gasteiger partial charge is 0.255 e. The van der Waals surface area contributed by atoms with Crippen LogP contribution in [0.3, 0.4) is 0 Å². The minimum absolute atomic E-state index is 0.0376. The molecule has 0 fully saturated rings. The predicted molar refractivity (Wildman–Crippen MR) is 122 cm³/mol. The molecule has 0 saturated heterocycles. The molecule has 3 aromatic rings. The van der Waals surface area contributed by atoms with Crippen molar-refractivity contribution in [3.63, 3.8) is 0 Å². The molecule has 0 bridgehead atoms. The summed E-state index contributed by atoms with van der Waals surface area (Å²) in [4.78, 5) is 27.5. The number of carbonyl (C=O) groups is 2. The summed E-state index contributed by atoms with van der Waals surface area (Å²) in [6, 6.07) is 16.7. The summed E-state index contributed by atoms with van der Waals surface area (Å²) in [6.45, 7) is 0.866. The Bertz CT molecular complexity index is 1210. The highest BCUT2D eigenvalue weighted by molar-refractivity contribution is 6.05. The van der Waals surface area contributed by atoms with Crippen LogP contribution in [0.4, 0.5) is 15.8 Å². The number of ether oxygens (including phenoxy) is 2. The second-order valence-corrected chi connectivity index (χ2v) is 8.10. The normalized spacial score (nSPS) is 14.0. The van der Waals surface area contributed by atoms with Gasteiger partial charge in [-0.25, -0.2) is 4.39 Å². The van der Waals surface area contributed by atoms with Crippen molar-refractivity contribution in [2.24, 2.45) is 0 Å². The molecule has 0 radical (unpaired) electrons. The summed E-state index contributed by atoms with van der Waals surface area (Å²) in [5.41, 5.74) is 3.84. The monoisotopic (exact) mass is 446 g/mol. The van der Waals surface area contributed by atoms with E-state index in [0.29, 0.717) is 36.4 Å². The van der Waals surface area contributed by atoms with Gasteiger partial charge in [0.25, 0.3) is 5.91 Å². The molecular weight excluding hydrogens is 423 g/mol. The van der Waals surface area contributed by atoms with Gasteiger partial charge in [0.05, 0.1) is 0 Å². The second kappa shape index (κ2) is 8.94. The van der Waals surface area contributed by atoms with Crippen molar-refractivity contribution in [3.05, 3.63) is 83.2 Å². The molecule has 6 nitrogen and oxygen atoms in total. The third-order valence-corrected chi connectivity index (χ3v) is 5.97. The molecular formula is C26H23FN2O4. The van der Waals surface area contributed by atoms with Gasteiger partial charge in [0.15, 0.2) is 11.5 Å². The molecule has 5 rings (SSSR count). The van der Waals surface area contributed by atoms with Crippen LogP contribution >= 0.6 is 0 Å². The number of amides is 2. The van der Waals surface area contributed by atoms with Gasteiger partial charge in [-0.2, -0.15) is 0 Å². The van der Waals surface area contributed by atoms with Crippen LogP contribution < -0.4 is 19.7 Å². The Balaban J connectivity index is 1.30. The van der Waals surface area contributed by atoms with E-state index in [1.165, 1.54) is 24.3 Å².